The van der Waals surface area contributed by atoms with Crippen molar-refractivity contribution in [2.75, 3.05) is 0 Å². The van der Waals surface area contributed by atoms with Crippen LogP contribution in [0.1, 0.15) is 24.0 Å². The fourth-order valence-electron chi connectivity index (χ4n) is 1.71. The van der Waals surface area contributed by atoms with Crippen molar-refractivity contribution in [3.05, 3.63) is 42.3 Å². The van der Waals surface area contributed by atoms with Crippen molar-refractivity contribution < 1.29 is 30.7 Å². The lowest BCUT2D eigenvalue weighted by Gasteiger charge is -2.29. The predicted molar refractivity (Wildman–Crippen MR) is 59.6 cm³/mol. The van der Waals surface area contributed by atoms with Crippen molar-refractivity contribution >= 4 is 0 Å². The quantitative estimate of drug-likeness (QED) is 0.661. The van der Waals surface area contributed by atoms with Crippen LogP contribution in [0.2, 0.25) is 0 Å². The van der Waals surface area contributed by atoms with E-state index in [1.807, 2.05) is 0 Å². The number of rotatable bonds is 5. The van der Waals surface area contributed by atoms with Gasteiger partial charge >= 0.3 is 18.0 Å². The van der Waals surface area contributed by atoms with Crippen LogP contribution in [0, 0.1) is 6.92 Å². The zero-order valence-corrected chi connectivity index (χ0v) is 10.3. The first-order valence-electron chi connectivity index (χ1n) is 5.75. The van der Waals surface area contributed by atoms with Gasteiger partial charge in [-0.1, -0.05) is 37.6 Å². The van der Waals surface area contributed by atoms with Crippen LogP contribution in [0.15, 0.2) is 24.3 Å². The Morgan fingerprint density at radius 3 is 1.95 bits per heavy atom. The van der Waals surface area contributed by atoms with Crippen molar-refractivity contribution in [2.24, 2.45) is 0 Å². The zero-order chi connectivity index (χ0) is 15.6. The Morgan fingerprint density at radius 2 is 1.45 bits per heavy atom. The molecule has 1 aromatic rings. The van der Waals surface area contributed by atoms with E-state index in [2.05, 4.69) is 6.92 Å². The first-order valence-corrected chi connectivity index (χ1v) is 5.75. The van der Waals surface area contributed by atoms with Crippen LogP contribution in [0.5, 0.6) is 0 Å². The van der Waals surface area contributed by atoms with Crippen molar-refractivity contribution in [1.82, 2.24) is 0 Å². The normalized spacial score (nSPS) is 13.6. The lowest BCUT2D eigenvalue weighted by molar-refractivity contribution is -0.359. The molecule has 0 aromatic heterocycles. The summed E-state index contributed by atoms with van der Waals surface area (Å²) >= 11 is 0. The van der Waals surface area contributed by atoms with E-state index >= 15 is 0 Å². The second kappa shape index (κ2) is 5.61. The molecular formula is C13H12F7. The third-order valence-corrected chi connectivity index (χ3v) is 2.80. The molecule has 0 aliphatic rings. The van der Waals surface area contributed by atoms with Gasteiger partial charge in [0.15, 0.2) is 0 Å². The Morgan fingerprint density at radius 1 is 0.900 bits per heavy atom. The van der Waals surface area contributed by atoms with Crippen LogP contribution in [-0.2, 0) is 12.3 Å². The summed E-state index contributed by atoms with van der Waals surface area (Å²) in [5.74, 6) is -11.4. The van der Waals surface area contributed by atoms with Gasteiger partial charge in [0.2, 0.25) is 0 Å². The molecule has 20 heavy (non-hydrogen) atoms. The van der Waals surface area contributed by atoms with E-state index < -0.39 is 23.6 Å². The highest BCUT2D eigenvalue weighted by Gasteiger charge is 2.73. The number of hydrogen-bond donors (Lipinski definition) is 0. The number of aryl methyl sites for hydroxylation is 1. The zero-order valence-electron chi connectivity index (χ0n) is 10.3. The van der Waals surface area contributed by atoms with E-state index in [0.29, 0.717) is 18.9 Å². The van der Waals surface area contributed by atoms with Crippen molar-refractivity contribution in [1.29, 1.82) is 0 Å². The van der Waals surface area contributed by atoms with E-state index in [4.69, 9.17) is 0 Å². The molecule has 0 saturated heterocycles. The molecule has 1 aromatic carbocycles. The maximum Gasteiger partial charge on any atom is 0.460 e. The molecule has 0 aliphatic heterocycles. The van der Waals surface area contributed by atoms with Gasteiger partial charge in [0, 0.05) is 5.56 Å². The summed E-state index contributed by atoms with van der Waals surface area (Å²) in [5, 5.41) is 0. The van der Waals surface area contributed by atoms with Crippen LogP contribution in [0.3, 0.4) is 0 Å². The first kappa shape index (κ1) is 16.8. The van der Waals surface area contributed by atoms with Crippen LogP contribution in [0.25, 0.3) is 0 Å². The second-order valence-corrected chi connectivity index (χ2v) is 4.26. The highest BCUT2D eigenvalue weighted by molar-refractivity contribution is 5.33. The van der Waals surface area contributed by atoms with Gasteiger partial charge in [0.1, 0.15) is 0 Å². The summed E-state index contributed by atoms with van der Waals surface area (Å²) in [6.07, 6.45) is -5.70. The number of unbranched alkanes of at least 4 members (excludes halogenated alkanes) is 1. The molecule has 0 saturated carbocycles. The van der Waals surface area contributed by atoms with Crippen molar-refractivity contribution in [2.45, 2.75) is 37.3 Å². The molecule has 0 amide bonds. The van der Waals surface area contributed by atoms with Crippen LogP contribution < -0.4 is 0 Å². The fourth-order valence-corrected chi connectivity index (χ4v) is 1.71. The minimum absolute atomic E-state index is 0.0385. The van der Waals surface area contributed by atoms with E-state index in [1.54, 1.807) is 0 Å². The molecular weight excluding hydrogens is 289 g/mol. The maximum absolute atomic E-state index is 13.6. The van der Waals surface area contributed by atoms with Gasteiger partial charge in [-0.25, -0.2) is 0 Å². The van der Waals surface area contributed by atoms with Gasteiger partial charge in [-0.15, -0.1) is 0 Å². The Balaban J connectivity index is 3.28. The van der Waals surface area contributed by atoms with E-state index in [-0.39, 0.29) is 12.0 Å². The lowest BCUT2D eigenvalue weighted by atomic mass is 9.93. The Labute approximate surface area is 111 Å². The molecule has 0 aliphatic carbocycles. The summed E-state index contributed by atoms with van der Waals surface area (Å²) in [6, 6.07) is 4.02. The SMILES string of the molecule is [CH2]CCCc1ccccc1C(F)(F)C(F)(F)C(F)(F)F. The van der Waals surface area contributed by atoms with Crippen molar-refractivity contribution in [3.63, 3.8) is 0 Å². The molecule has 1 radical (unpaired) electrons. The summed E-state index contributed by atoms with van der Waals surface area (Å²) < 4.78 is 89.8. The number of hydrogen-bond acceptors (Lipinski definition) is 0. The summed E-state index contributed by atoms with van der Waals surface area (Å²) in [7, 11) is 0. The van der Waals surface area contributed by atoms with Gasteiger partial charge in [0.05, 0.1) is 0 Å². The second-order valence-electron chi connectivity index (χ2n) is 4.26. The van der Waals surface area contributed by atoms with Gasteiger partial charge in [-0.3, -0.25) is 0 Å². The molecule has 0 heterocycles. The van der Waals surface area contributed by atoms with Crippen molar-refractivity contribution in [3.8, 4) is 0 Å². The topological polar surface area (TPSA) is 0 Å². The molecule has 0 unspecified atom stereocenters. The number of benzene rings is 1. The van der Waals surface area contributed by atoms with Crippen LogP contribution >= 0.6 is 0 Å². The predicted octanol–water partition coefficient (Wildman–Crippen LogP) is 5.13. The molecule has 7 heteroatoms. The van der Waals surface area contributed by atoms with E-state index in [0.717, 1.165) is 12.1 Å². The molecule has 1 rings (SSSR count). The third-order valence-electron chi connectivity index (χ3n) is 2.80. The van der Waals surface area contributed by atoms with Gasteiger partial charge in [-0.2, -0.15) is 30.7 Å². The van der Waals surface area contributed by atoms with E-state index in [1.165, 1.54) is 6.07 Å². The standard InChI is InChI=1S/C13H12F7/c1-2-3-6-9-7-4-5-8-10(9)11(14,15)12(16,17)13(18,19)20/h4-5,7-8H,1-3,6H2. The highest BCUT2D eigenvalue weighted by atomic mass is 19.4. The Kier molecular flexibility index (Phi) is 4.71. The highest BCUT2D eigenvalue weighted by Crippen LogP contribution is 2.52. The van der Waals surface area contributed by atoms with Crippen LogP contribution in [-0.4, -0.2) is 12.1 Å². The lowest BCUT2D eigenvalue weighted by Crippen LogP contribution is -2.50. The number of halogens is 7. The molecule has 0 fully saturated rings. The summed E-state index contributed by atoms with van der Waals surface area (Å²) in [4.78, 5) is 0. The Bertz CT molecular complexity index is 448. The third kappa shape index (κ3) is 2.91. The van der Waals surface area contributed by atoms with Gasteiger partial charge in [0.25, 0.3) is 0 Å². The Hall–Kier alpha value is -1.27. The molecule has 0 N–H and O–H groups in total. The summed E-state index contributed by atoms with van der Waals surface area (Å²) in [6.45, 7) is 3.46. The molecule has 0 spiro atoms. The largest absolute Gasteiger partial charge is 0.460 e. The van der Waals surface area contributed by atoms with Gasteiger partial charge in [-0.05, 0) is 18.4 Å². The van der Waals surface area contributed by atoms with Crippen LogP contribution in [0.4, 0.5) is 30.7 Å². The molecule has 113 valence electrons. The van der Waals surface area contributed by atoms with Gasteiger partial charge < -0.3 is 0 Å². The van der Waals surface area contributed by atoms with E-state index in [9.17, 15) is 30.7 Å². The molecule has 0 atom stereocenters. The average Bonchev–Trinajstić information content (AvgIpc) is 2.35. The molecule has 0 bridgehead atoms. The molecule has 0 nitrogen and oxygen atoms in total. The number of alkyl halides is 7. The minimum atomic E-state index is -6.32. The maximum atomic E-state index is 13.6. The summed E-state index contributed by atoms with van der Waals surface area (Å²) in [5.41, 5.74) is -1.53. The first-order chi connectivity index (χ1) is 9.05. The average molecular weight is 301 g/mol. The minimum Gasteiger partial charge on any atom is -0.194 e. The monoisotopic (exact) mass is 301 g/mol. The smallest absolute Gasteiger partial charge is 0.194 e. The fraction of sp³-hybridized carbons (Fsp3) is 0.462.